The highest BCUT2D eigenvalue weighted by molar-refractivity contribution is 7.99. The van der Waals surface area contributed by atoms with Crippen LogP contribution in [0.15, 0.2) is 47.6 Å². The molecule has 1 aliphatic rings. The number of hydrogen-bond donors (Lipinski definition) is 2. The number of nitrogen functional groups attached to an aromatic ring is 1. The molecule has 1 heterocycles. The van der Waals surface area contributed by atoms with Crippen LogP contribution in [0.2, 0.25) is 0 Å². The maximum absolute atomic E-state index is 12.5. The zero-order chi connectivity index (χ0) is 23.2. The van der Waals surface area contributed by atoms with Crippen LogP contribution in [0.1, 0.15) is 48.3 Å². The number of fused-ring (bicyclic) bond motifs is 1. The molecule has 1 aromatic heterocycles. The first-order chi connectivity index (χ1) is 16.0. The third-order valence-corrected chi connectivity index (χ3v) is 6.67. The fourth-order valence-corrected chi connectivity index (χ4v) is 4.55. The van der Waals surface area contributed by atoms with Crippen molar-refractivity contribution < 1.29 is 14.3 Å². The lowest BCUT2D eigenvalue weighted by Crippen LogP contribution is -2.28. The van der Waals surface area contributed by atoms with Gasteiger partial charge in [0.15, 0.2) is 5.82 Å². The molecule has 0 saturated carbocycles. The van der Waals surface area contributed by atoms with Gasteiger partial charge in [0, 0.05) is 6.07 Å². The number of ether oxygens (including phenoxy) is 2. The lowest BCUT2D eigenvalue weighted by molar-refractivity contribution is -0.119. The molecule has 3 aromatic rings. The number of aryl methyl sites for hydroxylation is 2. The van der Waals surface area contributed by atoms with E-state index in [-0.39, 0.29) is 24.3 Å². The molecule has 1 atom stereocenters. The average molecular weight is 468 g/mol. The van der Waals surface area contributed by atoms with Gasteiger partial charge >= 0.3 is 0 Å². The van der Waals surface area contributed by atoms with Crippen LogP contribution in [0, 0.1) is 0 Å². The van der Waals surface area contributed by atoms with Gasteiger partial charge in [0.1, 0.15) is 18.1 Å². The minimum atomic E-state index is -0.0811. The van der Waals surface area contributed by atoms with Crippen LogP contribution >= 0.6 is 11.8 Å². The van der Waals surface area contributed by atoms with E-state index in [1.807, 2.05) is 25.1 Å². The Labute approximate surface area is 197 Å². The monoisotopic (exact) mass is 467 g/mol. The summed E-state index contributed by atoms with van der Waals surface area (Å²) in [5.74, 6) is 8.02. The van der Waals surface area contributed by atoms with E-state index in [9.17, 15) is 4.79 Å². The second-order valence-electron chi connectivity index (χ2n) is 8.05. The van der Waals surface area contributed by atoms with Crippen molar-refractivity contribution in [1.82, 2.24) is 20.2 Å². The summed E-state index contributed by atoms with van der Waals surface area (Å²) >= 11 is 1.24. The Morgan fingerprint density at radius 3 is 2.76 bits per heavy atom. The highest BCUT2D eigenvalue weighted by Crippen LogP contribution is 2.25. The van der Waals surface area contributed by atoms with E-state index in [1.54, 1.807) is 13.2 Å². The number of nitrogens with one attached hydrogen (secondary N) is 1. The molecule has 33 heavy (non-hydrogen) atoms. The number of nitrogens with two attached hydrogens (primary N) is 1. The number of amides is 1. The smallest absolute Gasteiger partial charge is 0.230 e. The zero-order valence-electron chi connectivity index (χ0n) is 18.9. The van der Waals surface area contributed by atoms with Gasteiger partial charge in [-0.1, -0.05) is 36.0 Å². The summed E-state index contributed by atoms with van der Waals surface area (Å²) < 4.78 is 12.3. The molecule has 2 aromatic carbocycles. The van der Waals surface area contributed by atoms with Crippen LogP contribution < -0.4 is 20.6 Å². The molecule has 0 bridgehead atoms. The zero-order valence-corrected chi connectivity index (χ0v) is 19.7. The first-order valence-electron chi connectivity index (χ1n) is 11.0. The Morgan fingerprint density at radius 2 is 1.94 bits per heavy atom. The SMILES string of the molecule is COc1cccc(OCc2nnc(SCC(=O)NC(C)c3ccc4c(c3)CCCC4)n2N)c1. The Balaban J connectivity index is 1.28. The van der Waals surface area contributed by atoms with Gasteiger partial charge in [-0.05, 0) is 61.4 Å². The molecule has 3 N–H and O–H groups in total. The molecule has 1 amide bonds. The third kappa shape index (κ3) is 5.78. The number of rotatable bonds is 9. The Bertz CT molecular complexity index is 1120. The molecule has 174 valence electrons. The largest absolute Gasteiger partial charge is 0.497 e. The Hall–Kier alpha value is -3.20. The van der Waals surface area contributed by atoms with Gasteiger partial charge in [-0.2, -0.15) is 0 Å². The summed E-state index contributed by atoms with van der Waals surface area (Å²) in [5.41, 5.74) is 3.98. The molecule has 0 spiro atoms. The van der Waals surface area contributed by atoms with Gasteiger partial charge in [0.05, 0.1) is 18.9 Å². The van der Waals surface area contributed by atoms with Gasteiger partial charge in [0.25, 0.3) is 0 Å². The van der Waals surface area contributed by atoms with Crippen molar-refractivity contribution in [2.75, 3.05) is 18.7 Å². The normalized spacial score (nSPS) is 13.8. The van der Waals surface area contributed by atoms with E-state index in [4.69, 9.17) is 15.3 Å². The molecule has 0 aliphatic heterocycles. The van der Waals surface area contributed by atoms with E-state index in [0.29, 0.717) is 22.5 Å². The van der Waals surface area contributed by atoms with Crippen LogP contribution in [0.4, 0.5) is 0 Å². The van der Waals surface area contributed by atoms with Crippen molar-refractivity contribution >= 4 is 17.7 Å². The molecule has 0 fully saturated rings. The molecule has 0 radical (unpaired) electrons. The number of carbonyl (C=O) groups is 1. The third-order valence-electron chi connectivity index (χ3n) is 5.73. The molecule has 1 aliphatic carbocycles. The standard InChI is InChI=1S/C24H29N5O3S/c1-16(18-11-10-17-6-3-4-7-19(17)12-18)26-23(30)15-33-24-28-27-22(29(24)25)14-32-21-9-5-8-20(13-21)31-2/h5,8-13,16H,3-4,6-7,14-15,25H2,1-2H3,(H,26,30). The van der Waals surface area contributed by atoms with Crippen LogP contribution in [0.3, 0.4) is 0 Å². The number of methoxy groups -OCH3 is 1. The number of hydrogen-bond acceptors (Lipinski definition) is 7. The Kier molecular flexibility index (Phi) is 7.39. The highest BCUT2D eigenvalue weighted by atomic mass is 32.2. The number of thioether (sulfide) groups is 1. The average Bonchev–Trinajstić information content (AvgIpc) is 3.20. The van der Waals surface area contributed by atoms with Crippen LogP contribution in [0.25, 0.3) is 0 Å². The fraction of sp³-hybridized carbons (Fsp3) is 0.375. The topological polar surface area (TPSA) is 104 Å². The first-order valence-corrected chi connectivity index (χ1v) is 12.0. The van der Waals surface area contributed by atoms with Gasteiger partial charge in [0.2, 0.25) is 11.1 Å². The predicted molar refractivity (Wildman–Crippen MR) is 128 cm³/mol. The van der Waals surface area contributed by atoms with Crippen LogP contribution in [-0.2, 0) is 24.2 Å². The number of aromatic nitrogens is 3. The van der Waals surface area contributed by atoms with Gasteiger partial charge in [-0.25, -0.2) is 4.68 Å². The molecule has 9 heteroatoms. The molecule has 4 rings (SSSR count). The molecule has 8 nitrogen and oxygen atoms in total. The summed E-state index contributed by atoms with van der Waals surface area (Å²) in [6.45, 7) is 2.16. The predicted octanol–water partition coefficient (Wildman–Crippen LogP) is 3.43. The lowest BCUT2D eigenvalue weighted by Gasteiger charge is -2.20. The van der Waals surface area contributed by atoms with Crippen LogP contribution in [0.5, 0.6) is 11.5 Å². The first kappa shape index (κ1) is 23.0. The van der Waals surface area contributed by atoms with Crippen molar-refractivity contribution in [3.63, 3.8) is 0 Å². The lowest BCUT2D eigenvalue weighted by atomic mass is 9.89. The van der Waals surface area contributed by atoms with Crippen molar-refractivity contribution in [3.8, 4) is 11.5 Å². The number of carbonyl (C=O) groups excluding carboxylic acids is 1. The number of benzene rings is 2. The van der Waals surface area contributed by atoms with Gasteiger partial charge in [-0.15, -0.1) is 10.2 Å². The van der Waals surface area contributed by atoms with Crippen molar-refractivity contribution in [1.29, 1.82) is 0 Å². The highest BCUT2D eigenvalue weighted by Gasteiger charge is 2.16. The van der Waals surface area contributed by atoms with Crippen LogP contribution in [-0.4, -0.2) is 33.6 Å². The quantitative estimate of drug-likeness (QED) is 0.367. The van der Waals surface area contributed by atoms with Crippen molar-refractivity contribution in [3.05, 3.63) is 65.0 Å². The maximum atomic E-state index is 12.5. The summed E-state index contributed by atoms with van der Waals surface area (Å²) in [6.07, 6.45) is 4.77. The van der Waals surface area contributed by atoms with E-state index < -0.39 is 0 Å². The second kappa shape index (κ2) is 10.6. The summed E-state index contributed by atoms with van der Waals surface area (Å²) in [6, 6.07) is 13.8. The number of nitrogens with zero attached hydrogens (tertiary/aromatic N) is 3. The molecule has 1 unspecified atom stereocenters. The van der Waals surface area contributed by atoms with Crippen molar-refractivity contribution in [2.24, 2.45) is 0 Å². The summed E-state index contributed by atoms with van der Waals surface area (Å²) in [5, 5.41) is 11.7. The van der Waals surface area contributed by atoms with Gasteiger partial charge < -0.3 is 20.6 Å². The Morgan fingerprint density at radius 1 is 1.15 bits per heavy atom. The maximum Gasteiger partial charge on any atom is 0.230 e. The van der Waals surface area contributed by atoms with E-state index in [0.717, 1.165) is 18.4 Å². The minimum Gasteiger partial charge on any atom is -0.497 e. The summed E-state index contributed by atoms with van der Waals surface area (Å²) in [4.78, 5) is 12.5. The second-order valence-corrected chi connectivity index (χ2v) is 8.99. The van der Waals surface area contributed by atoms with Crippen molar-refractivity contribution in [2.45, 2.75) is 50.4 Å². The van der Waals surface area contributed by atoms with E-state index in [1.165, 1.54) is 40.4 Å². The summed E-state index contributed by atoms with van der Waals surface area (Å²) in [7, 11) is 1.60. The fourth-order valence-electron chi connectivity index (χ4n) is 3.86. The molecule has 0 saturated heterocycles. The van der Waals surface area contributed by atoms with E-state index >= 15 is 0 Å². The molecular formula is C24H29N5O3S. The van der Waals surface area contributed by atoms with E-state index in [2.05, 4.69) is 33.7 Å². The molecular weight excluding hydrogens is 438 g/mol. The van der Waals surface area contributed by atoms with Gasteiger partial charge in [-0.3, -0.25) is 4.79 Å². The minimum absolute atomic E-state index is 0.0621.